The number of rotatable bonds is 7. The molecule has 1 amide bonds. The Bertz CT molecular complexity index is 692. The molecule has 2 rings (SSSR count). The molecule has 0 fully saturated rings. The summed E-state index contributed by atoms with van der Waals surface area (Å²) >= 11 is 0. The van der Waals surface area contributed by atoms with Gasteiger partial charge in [-0.2, -0.15) is 0 Å². The Kier molecular flexibility index (Phi) is 10.1. The van der Waals surface area contributed by atoms with Gasteiger partial charge in [0.05, 0.1) is 12.7 Å². The number of benzene rings is 1. The zero-order valence-corrected chi connectivity index (χ0v) is 17.2. The van der Waals surface area contributed by atoms with Crippen molar-refractivity contribution in [3.63, 3.8) is 0 Å². The van der Waals surface area contributed by atoms with Crippen LogP contribution in [0.4, 0.5) is 0 Å². The summed E-state index contributed by atoms with van der Waals surface area (Å²) in [7, 11) is 3.35. The molecule has 1 aromatic carbocycles. The van der Waals surface area contributed by atoms with Crippen LogP contribution in [0.25, 0.3) is 0 Å². The largest absolute Gasteiger partial charge is 0.497 e. The molecule has 140 valence electrons. The molecule has 0 atom stereocenters. The third-order valence-electron chi connectivity index (χ3n) is 3.47. The number of pyridine rings is 1. The van der Waals surface area contributed by atoms with E-state index in [0.717, 1.165) is 11.3 Å². The van der Waals surface area contributed by atoms with Gasteiger partial charge in [0.15, 0.2) is 5.96 Å². The van der Waals surface area contributed by atoms with Crippen molar-refractivity contribution < 1.29 is 9.53 Å². The van der Waals surface area contributed by atoms with Crippen LogP contribution in [0.15, 0.2) is 53.8 Å². The number of hydrogen-bond acceptors (Lipinski definition) is 4. The van der Waals surface area contributed by atoms with E-state index in [4.69, 9.17) is 4.74 Å². The second kappa shape index (κ2) is 12.1. The third-order valence-corrected chi connectivity index (χ3v) is 3.47. The van der Waals surface area contributed by atoms with Gasteiger partial charge < -0.3 is 20.7 Å². The number of nitrogens with zero attached hydrogens (tertiary/aromatic N) is 2. The van der Waals surface area contributed by atoms with Crippen molar-refractivity contribution in [2.45, 2.75) is 6.54 Å². The van der Waals surface area contributed by atoms with Crippen LogP contribution in [0.5, 0.6) is 5.75 Å². The molecular weight excluding hydrogens is 445 g/mol. The predicted molar refractivity (Wildman–Crippen MR) is 113 cm³/mol. The Morgan fingerprint density at radius 2 is 1.85 bits per heavy atom. The summed E-state index contributed by atoms with van der Waals surface area (Å²) in [6, 6.07) is 11.3. The minimum absolute atomic E-state index is 0. The second-order valence-corrected chi connectivity index (χ2v) is 5.20. The van der Waals surface area contributed by atoms with Crippen molar-refractivity contribution in [1.82, 2.24) is 20.9 Å². The Labute approximate surface area is 170 Å². The summed E-state index contributed by atoms with van der Waals surface area (Å²) in [6.07, 6.45) is 3.18. The van der Waals surface area contributed by atoms with E-state index in [0.29, 0.717) is 31.2 Å². The third kappa shape index (κ3) is 7.26. The monoisotopic (exact) mass is 469 g/mol. The number of guanidine groups is 1. The van der Waals surface area contributed by atoms with Crippen LogP contribution in [0.2, 0.25) is 0 Å². The average Bonchev–Trinajstić information content (AvgIpc) is 2.68. The number of methoxy groups -OCH3 is 1. The van der Waals surface area contributed by atoms with Gasteiger partial charge in [0.2, 0.25) is 0 Å². The number of ether oxygens (including phenoxy) is 1. The minimum atomic E-state index is -0.143. The summed E-state index contributed by atoms with van der Waals surface area (Å²) in [5.74, 6) is 1.36. The standard InChI is InChI=1S/C18H23N5O2.HI/c1-19-18(23-12-14-5-7-16(25-2)8-6-14)22-11-10-21-17(24)15-4-3-9-20-13-15;/h3-9,13H,10-12H2,1-2H3,(H,21,24)(H2,19,22,23);1H. The zero-order valence-electron chi connectivity index (χ0n) is 14.9. The van der Waals surface area contributed by atoms with Gasteiger partial charge in [0.25, 0.3) is 5.91 Å². The molecular formula is C18H24IN5O2. The fourth-order valence-corrected chi connectivity index (χ4v) is 2.11. The lowest BCUT2D eigenvalue weighted by Crippen LogP contribution is -2.41. The van der Waals surface area contributed by atoms with E-state index in [2.05, 4.69) is 25.9 Å². The van der Waals surface area contributed by atoms with Gasteiger partial charge in [-0.1, -0.05) is 12.1 Å². The predicted octanol–water partition coefficient (Wildman–Crippen LogP) is 1.80. The van der Waals surface area contributed by atoms with Gasteiger partial charge >= 0.3 is 0 Å². The molecule has 0 spiro atoms. The molecule has 0 bridgehead atoms. The molecule has 0 saturated heterocycles. The summed E-state index contributed by atoms with van der Waals surface area (Å²) in [6.45, 7) is 1.69. The molecule has 26 heavy (non-hydrogen) atoms. The van der Waals surface area contributed by atoms with Gasteiger partial charge in [0.1, 0.15) is 5.75 Å². The lowest BCUT2D eigenvalue weighted by atomic mass is 10.2. The van der Waals surface area contributed by atoms with Crippen LogP contribution in [-0.4, -0.2) is 44.1 Å². The normalized spacial score (nSPS) is 10.5. The molecule has 2 aromatic rings. The number of aliphatic imine (C=N–C) groups is 1. The highest BCUT2D eigenvalue weighted by molar-refractivity contribution is 14.0. The van der Waals surface area contributed by atoms with Crippen molar-refractivity contribution in [3.8, 4) is 5.75 Å². The van der Waals surface area contributed by atoms with E-state index < -0.39 is 0 Å². The molecule has 0 unspecified atom stereocenters. The SMILES string of the molecule is CN=C(NCCNC(=O)c1cccnc1)NCc1ccc(OC)cc1.I. The summed E-state index contributed by atoms with van der Waals surface area (Å²) in [5, 5.41) is 9.20. The highest BCUT2D eigenvalue weighted by Gasteiger charge is 2.04. The summed E-state index contributed by atoms with van der Waals surface area (Å²) in [5.41, 5.74) is 1.66. The second-order valence-electron chi connectivity index (χ2n) is 5.20. The molecule has 0 saturated carbocycles. The highest BCUT2D eigenvalue weighted by Crippen LogP contribution is 2.10. The minimum Gasteiger partial charge on any atom is -0.497 e. The molecule has 0 radical (unpaired) electrons. The maximum Gasteiger partial charge on any atom is 0.252 e. The first kappa shape index (κ1) is 21.7. The van der Waals surface area contributed by atoms with Gasteiger partial charge in [-0.3, -0.25) is 14.8 Å². The lowest BCUT2D eigenvalue weighted by Gasteiger charge is -2.12. The topological polar surface area (TPSA) is 87.6 Å². The van der Waals surface area contributed by atoms with Crippen LogP contribution >= 0.6 is 24.0 Å². The number of amides is 1. The highest BCUT2D eigenvalue weighted by atomic mass is 127. The first-order valence-electron chi connectivity index (χ1n) is 7.98. The van der Waals surface area contributed by atoms with E-state index >= 15 is 0 Å². The van der Waals surface area contributed by atoms with Crippen LogP contribution in [0.3, 0.4) is 0 Å². The number of hydrogen-bond donors (Lipinski definition) is 3. The smallest absolute Gasteiger partial charge is 0.252 e. The van der Waals surface area contributed by atoms with Crippen molar-refractivity contribution in [2.75, 3.05) is 27.2 Å². The van der Waals surface area contributed by atoms with E-state index in [1.807, 2.05) is 24.3 Å². The number of halogens is 1. The first-order chi connectivity index (χ1) is 12.2. The fraction of sp³-hybridized carbons (Fsp3) is 0.278. The van der Waals surface area contributed by atoms with Crippen molar-refractivity contribution >= 4 is 35.8 Å². The van der Waals surface area contributed by atoms with E-state index in [-0.39, 0.29) is 29.9 Å². The maximum absolute atomic E-state index is 11.9. The molecule has 1 aromatic heterocycles. The van der Waals surface area contributed by atoms with E-state index in [1.54, 1.807) is 32.5 Å². The van der Waals surface area contributed by atoms with Crippen LogP contribution in [0, 0.1) is 0 Å². The average molecular weight is 469 g/mol. The maximum atomic E-state index is 11.9. The van der Waals surface area contributed by atoms with Crippen molar-refractivity contribution in [1.29, 1.82) is 0 Å². The Balaban J connectivity index is 0.00000338. The first-order valence-corrected chi connectivity index (χ1v) is 7.98. The number of carbonyl (C=O) groups excluding carboxylic acids is 1. The van der Waals surface area contributed by atoms with Crippen molar-refractivity contribution in [3.05, 3.63) is 59.9 Å². The molecule has 7 nitrogen and oxygen atoms in total. The zero-order chi connectivity index (χ0) is 17.9. The quantitative estimate of drug-likeness (QED) is 0.249. The Hall–Kier alpha value is -2.36. The molecule has 0 aliphatic heterocycles. The Morgan fingerprint density at radius 1 is 1.12 bits per heavy atom. The van der Waals surface area contributed by atoms with Gasteiger partial charge in [-0.25, -0.2) is 0 Å². The lowest BCUT2D eigenvalue weighted by molar-refractivity contribution is 0.0954. The molecule has 0 aliphatic carbocycles. The van der Waals surface area contributed by atoms with Crippen LogP contribution in [0.1, 0.15) is 15.9 Å². The van der Waals surface area contributed by atoms with E-state index in [9.17, 15) is 4.79 Å². The van der Waals surface area contributed by atoms with Gasteiger partial charge in [0, 0.05) is 39.1 Å². The van der Waals surface area contributed by atoms with E-state index in [1.165, 1.54) is 6.20 Å². The number of carbonyl (C=O) groups is 1. The molecule has 8 heteroatoms. The number of aromatic nitrogens is 1. The molecule has 0 aliphatic rings. The van der Waals surface area contributed by atoms with Gasteiger partial charge in [-0.05, 0) is 29.8 Å². The fourth-order valence-electron chi connectivity index (χ4n) is 2.11. The summed E-state index contributed by atoms with van der Waals surface area (Å²) in [4.78, 5) is 20.0. The van der Waals surface area contributed by atoms with Crippen LogP contribution < -0.4 is 20.7 Å². The molecule has 3 N–H and O–H groups in total. The van der Waals surface area contributed by atoms with Crippen molar-refractivity contribution in [2.24, 2.45) is 4.99 Å². The van der Waals surface area contributed by atoms with Gasteiger partial charge in [-0.15, -0.1) is 24.0 Å². The molecule has 1 heterocycles. The summed E-state index contributed by atoms with van der Waals surface area (Å²) < 4.78 is 5.14. The Morgan fingerprint density at radius 3 is 2.46 bits per heavy atom. The number of nitrogens with one attached hydrogen (secondary N) is 3. The van der Waals surface area contributed by atoms with Crippen LogP contribution in [-0.2, 0) is 6.54 Å².